The number of nitrogens with one attached hydrogen (secondary N) is 3. The number of hydrogen-bond acceptors (Lipinski definition) is 3. The molecular weight excluding hydrogens is 352 g/mol. The number of para-hydroxylation sites is 1. The summed E-state index contributed by atoms with van der Waals surface area (Å²) in [4.78, 5) is 25.4. The summed E-state index contributed by atoms with van der Waals surface area (Å²) in [5, 5.41) is 13.6. The number of H-pyrrole nitrogens is 1. The predicted molar refractivity (Wildman–Crippen MR) is 108 cm³/mol. The third-order valence-electron chi connectivity index (χ3n) is 5.48. The Kier molecular flexibility index (Phi) is 4.86. The number of aromatic nitrogens is 2. The van der Waals surface area contributed by atoms with E-state index in [1.807, 2.05) is 54.6 Å². The smallest absolute Gasteiger partial charge is 0.273 e. The highest BCUT2D eigenvalue weighted by Gasteiger charge is 2.41. The lowest BCUT2D eigenvalue weighted by atomic mass is 10.0. The van der Waals surface area contributed by atoms with Crippen LogP contribution in [0.1, 0.15) is 42.4 Å². The summed E-state index contributed by atoms with van der Waals surface area (Å²) in [6.45, 7) is 3.89. The van der Waals surface area contributed by atoms with Crippen molar-refractivity contribution in [2.45, 2.75) is 32.4 Å². The van der Waals surface area contributed by atoms with Crippen molar-refractivity contribution in [3.63, 3.8) is 0 Å². The van der Waals surface area contributed by atoms with Gasteiger partial charge < -0.3 is 10.6 Å². The number of rotatable bonds is 6. The van der Waals surface area contributed by atoms with Crippen LogP contribution in [0.4, 0.5) is 0 Å². The minimum atomic E-state index is -0.664. The molecule has 2 aromatic carbocycles. The van der Waals surface area contributed by atoms with Crippen molar-refractivity contribution >= 4 is 22.7 Å². The third-order valence-corrected chi connectivity index (χ3v) is 5.48. The number of nitrogens with zero attached hydrogens (tertiary/aromatic N) is 1. The topological polar surface area (TPSA) is 86.9 Å². The largest absolute Gasteiger partial charge is 0.347 e. The average molecular weight is 376 g/mol. The van der Waals surface area contributed by atoms with Gasteiger partial charge in [0.05, 0.1) is 11.6 Å². The lowest BCUT2D eigenvalue weighted by Gasteiger charge is -2.22. The molecule has 1 aliphatic rings. The first-order valence-electron chi connectivity index (χ1n) is 9.64. The van der Waals surface area contributed by atoms with Gasteiger partial charge in [-0.25, -0.2) is 0 Å². The van der Waals surface area contributed by atoms with Crippen molar-refractivity contribution in [2.75, 3.05) is 0 Å². The van der Waals surface area contributed by atoms with E-state index in [1.165, 1.54) is 0 Å². The molecule has 4 rings (SSSR count). The van der Waals surface area contributed by atoms with Crippen molar-refractivity contribution in [2.24, 2.45) is 11.8 Å². The van der Waals surface area contributed by atoms with Gasteiger partial charge in [0.25, 0.3) is 5.91 Å². The molecule has 0 saturated heterocycles. The highest BCUT2D eigenvalue weighted by Crippen LogP contribution is 2.46. The minimum absolute atomic E-state index is 0.0331. The number of amides is 2. The molecule has 6 heteroatoms. The lowest BCUT2D eigenvalue weighted by molar-refractivity contribution is -0.123. The molecule has 1 heterocycles. The molecular formula is C22H24N4O2. The zero-order valence-electron chi connectivity index (χ0n) is 16.0. The molecule has 0 radical (unpaired) electrons. The third kappa shape index (κ3) is 3.63. The highest BCUT2D eigenvalue weighted by atomic mass is 16.2. The van der Waals surface area contributed by atoms with Crippen LogP contribution in [-0.2, 0) is 4.79 Å². The monoisotopic (exact) mass is 376 g/mol. The maximum atomic E-state index is 12.8. The Labute approximate surface area is 163 Å². The Bertz CT molecular complexity index is 998. The Balaban J connectivity index is 1.44. The minimum Gasteiger partial charge on any atom is -0.347 e. The van der Waals surface area contributed by atoms with Gasteiger partial charge in [-0.05, 0) is 36.8 Å². The molecule has 2 amide bonds. The van der Waals surface area contributed by atoms with Crippen LogP contribution in [0, 0.1) is 11.8 Å². The van der Waals surface area contributed by atoms with E-state index >= 15 is 0 Å². The molecule has 4 atom stereocenters. The number of carbonyl (C=O) groups excluding carboxylic acids is 2. The number of carbonyl (C=O) groups is 2. The summed E-state index contributed by atoms with van der Waals surface area (Å²) in [5.41, 5.74) is 2.18. The molecule has 4 unspecified atom stereocenters. The maximum Gasteiger partial charge on any atom is 0.273 e. The zero-order valence-corrected chi connectivity index (χ0v) is 16.0. The molecule has 1 aromatic heterocycles. The number of aromatic amines is 1. The fourth-order valence-corrected chi connectivity index (χ4v) is 3.66. The van der Waals surface area contributed by atoms with Crippen molar-refractivity contribution in [1.29, 1.82) is 0 Å². The van der Waals surface area contributed by atoms with Crippen molar-refractivity contribution in [3.05, 3.63) is 65.9 Å². The van der Waals surface area contributed by atoms with E-state index in [0.717, 1.165) is 22.9 Å². The molecule has 0 aliphatic heterocycles. The fourth-order valence-electron chi connectivity index (χ4n) is 3.66. The maximum absolute atomic E-state index is 12.8. The Morgan fingerprint density at radius 1 is 1.07 bits per heavy atom. The first-order valence-corrected chi connectivity index (χ1v) is 9.64. The van der Waals surface area contributed by atoms with Crippen LogP contribution in [0.25, 0.3) is 10.9 Å². The summed E-state index contributed by atoms with van der Waals surface area (Å²) in [6.07, 6.45) is 1.10. The second kappa shape index (κ2) is 7.46. The first-order chi connectivity index (χ1) is 13.5. The van der Waals surface area contributed by atoms with Gasteiger partial charge >= 0.3 is 0 Å². The molecule has 3 aromatic rings. The van der Waals surface area contributed by atoms with Gasteiger partial charge in [-0.3, -0.25) is 14.7 Å². The van der Waals surface area contributed by atoms with Gasteiger partial charge in [0, 0.05) is 5.39 Å². The molecule has 1 aliphatic carbocycles. The quantitative estimate of drug-likeness (QED) is 0.617. The van der Waals surface area contributed by atoms with Crippen LogP contribution in [-0.4, -0.2) is 28.1 Å². The Hall–Kier alpha value is -3.15. The summed E-state index contributed by atoms with van der Waals surface area (Å²) < 4.78 is 0. The van der Waals surface area contributed by atoms with Gasteiger partial charge in [0.1, 0.15) is 6.04 Å². The van der Waals surface area contributed by atoms with Crippen LogP contribution >= 0.6 is 0 Å². The van der Waals surface area contributed by atoms with Crippen LogP contribution in [0.3, 0.4) is 0 Å². The second-order valence-electron chi connectivity index (χ2n) is 7.59. The van der Waals surface area contributed by atoms with Crippen molar-refractivity contribution < 1.29 is 9.59 Å². The molecule has 1 fully saturated rings. The zero-order chi connectivity index (χ0) is 19.7. The van der Waals surface area contributed by atoms with Gasteiger partial charge in [-0.15, -0.1) is 0 Å². The standard InChI is InChI=1S/C22H24N4O2/c1-13-12-17(13)19(15-8-4-3-5-9-15)24-21(27)14(2)23-22(28)20-16-10-6-7-11-18(16)25-26-20/h3-11,13-14,17,19H,12H2,1-2H3,(H,23,28)(H,24,27)(H,25,26). The van der Waals surface area contributed by atoms with Gasteiger partial charge in [-0.2, -0.15) is 5.10 Å². The van der Waals surface area contributed by atoms with E-state index in [0.29, 0.717) is 17.5 Å². The summed E-state index contributed by atoms with van der Waals surface area (Å²) >= 11 is 0. The molecule has 0 bridgehead atoms. The van der Waals surface area contributed by atoms with E-state index in [2.05, 4.69) is 27.8 Å². The van der Waals surface area contributed by atoms with E-state index < -0.39 is 6.04 Å². The lowest BCUT2D eigenvalue weighted by Crippen LogP contribution is -2.46. The number of fused-ring (bicyclic) bond motifs is 1. The van der Waals surface area contributed by atoms with E-state index in [1.54, 1.807) is 6.92 Å². The molecule has 144 valence electrons. The molecule has 3 N–H and O–H groups in total. The summed E-state index contributed by atoms with van der Waals surface area (Å²) in [7, 11) is 0. The predicted octanol–water partition coefficient (Wildman–Crippen LogP) is 3.19. The summed E-state index contributed by atoms with van der Waals surface area (Å²) in [5.74, 6) is 0.465. The molecule has 1 saturated carbocycles. The number of benzene rings is 2. The average Bonchev–Trinajstić information content (AvgIpc) is 3.27. The van der Waals surface area contributed by atoms with Crippen molar-refractivity contribution in [3.8, 4) is 0 Å². The number of hydrogen-bond donors (Lipinski definition) is 3. The van der Waals surface area contributed by atoms with Crippen LogP contribution < -0.4 is 10.6 Å². The van der Waals surface area contributed by atoms with E-state index in [-0.39, 0.29) is 17.9 Å². The Morgan fingerprint density at radius 3 is 2.46 bits per heavy atom. The van der Waals surface area contributed by atoms with Crippen LogP contribution in [0.2, 0.25) is 0 Å². The van der Waals surface area contributed by atoms with E-state index in [4.69, 9.17) is 0 Å². The summed E-state index contributed by atoms with van der Waals surface area (Å²) in [6, 6.07) is 16.7. The van der Waals surface area contributed by atoms with Crippen LogP contribution in [0.15, 0.2) is 54.6 Å². The molecule has 6 nitrogen and oxygen atoms in total. The van der Waals surface area contributed by atoms with Gasteiger partial charge in [0.15, 0.2) is 5.69 Å². The fraction of sp³-hybridized carbons (Fsp3) is 0.318. The van der Waals surface area contributed by atoms with Gasteiger partial charge in [-0.1, -0.05) is 55.5 Å². The highest BCUT2D eigenvalue weighted by molar-refractivity contribution is 6.05. The molecule has 28 heavy (non-hydrogen) atoms. The Morgan fingerprint density at radius 2 is 1.75 bits per heavy atom. The second-order valence-corrected chi connectivity index (χ2v) is 7.59. The van der Waals surface area contributed by atoms with Gasteiger partial charge in [0.2, 0.25) is 5.91 Å². The molecule has 0 spiro atoms. The SMILES string of the molecule is CC(NC(=O)c1n[nH]c2ccccc12)C(=O)NC(c1ccccc1)C1CC1C. The van der Waals surface area contributed by atoms with Crippen molar-refractivity contribution in [1.82, 2.24) is 20.8 Å². The first kappa shape index (κ1) is 18.2. The van der Waals surface area contributed by atoms with E-state index in [9.17, 15) is 9.59 Å². The van der Waals surface area contributed by atoms with Crippen LogP contribution in [0.5, 0.6) is 0 Å². The normalized spacial score (nSPS) is 20.4.